The second kappa shape index (κ2) is 5.82. The number of likely N-dealkylation sites (tertiary alicyclic amines) is 1. The monoisotopic (exact) mass is 285 g/mol. The van der Waals surface area contributed by atoms with E-state index in [4.69, 9.17) is 0 Å². The van der Waals surface area contributed by atoms with Crippen LogP contribution in [0.2, 0.25) is 0 Å². The van der Waals surface area contributed by atoms with Gasteiger partial charge in [0.2, 0.25) is 0 Å². The first kappa shape index (κ1) is 13.4. The van der Waals surface area contributed by atoms with E-state index in [9.17, 15) is 9.59 Å². The molecule has 1 saturated heterocycles. The van der Waals surface area contributed by atoms with Crippen LogP contribution in [0.3, 0.4) is 0 Å². The Bertz CT molecular complexity index is 685. The molecule has 2 aromatic rings. The Morgan fingerprint density at radius 2 is 2.19 bits per heavy atom. The molecule has 0 spiro atoms. The number of rotatable bonds is 2. The molecule has 0 radical (unpaired) electrons. The van der Waals surface area contributed by atoms with E-state index in [0.717, 1.165) is 18.5 Å². The summed E-state index contributed by atoms with van der Waals surface area (Å²) >= 11 is 0. The Morgan fingerprint density at radius 1 is 1.29 bits per heavy atom. The van der Waals surface area contributed by atoms with Gasteiger partial charge >= 0.3 is 5.69 Å². The summed E-state index contributed by atoms with van der Waals surface area (Å²) in [6, 6.07) is 3.46. The van der Waals surface area contributed by atoms with Gasteiger partial charge in [0.25, 0.3) is 5.91 Å². The average molecular weight is 285 g/mol. The van der Waals surface area contributed by atoms with Gasteiger partial charge in [-0.1, -0.05) is 0 Å². The summed E-state index contributed by atoms with van der Waals surface area (Å²) in [5.74, 6) is 0.0826. The standard InChI is InChI=1S/C14H15N5O2/c20-13(10-3-6-16-17-8-10)19-7-1-2-11(9-19)12-4-5-15-14(21)18-12/h3-6,8,11H,1-2,7,9H2,(H,15,18,21)/t11-/m0/s1. The maximum Gasteiger partial charge on any atom is 0.345 e. The van der Waals surface area contributed by atoms with Crippen molar-refractivity contribution in [1.82, 2.24) is 25.1 Å². The zero-order chi connectivity index (χ0) is 14.7. The van der Waals surface area contributed by atoms with E-state index in [2.05, 4.69) is 20.2 Å². The number of hydrogen-bond acceptors (Lipinski definition) is 5. The maximum atomic E-state index is 12.4. The van der Waals surface area contributed by atoms with Crippen molar-refractivity contribution in [2.24, 2.45) is 0 Å². The van der Waals surface area contributed by atoms with Crippen molar-refractivity contribution in [1.29, 1.82) is 0 Å². The molecule has 1 aliphatic rings. The van der Waals surface area contributed by atoms with Crippen LogP contribution >= 0.6 is 0 Å². The van der Waals surface area contributed by atoms with Gasteiger partial charge in [0.05, 0.1) is 18.0 Å². The molecule has 0 bridgehead atoms. The number of aromatic nitrogens is 4. The van der Waals surface area contributed by atoms with Gasteiger partial charge in [-0.05, 0) is 25.0 Å². The third kappa shape index (κ3) is 2.96. The quantitative estimate of drug-likeness (QED) is 0.871. The molecule has 108 valence electrons. The van der Waals surface area contributed by atoms with Gasteiger partial charge in [0.15, 0.2) is 0 Å². The van der Waals surface area contributed by atoms with Crippen LogP contribution in [0.5, 0.6) is 0 Å². The third-order valence-electron chi connectivity index (χ3n) is 3.68. The fourth-order valence-electron chi connectivity index (χ4n) is 2.64. The van der Waals surface area contributed by atoms with Crippen molar-refractivity contribution in [3.8, 4) is 0 Å². The highest BCUT2D eigenvalue weighted by Crippen LogP contribution is 2.25. The van der Waals surface area contributed by atoms with Crippen molar-refractivity contribution in [3.05, 3.63) is 52.5 Å². The summed E-state index contributed by atoms with van der Waals surface area (Å²) in [5, 5.41) is 7.41. The molecule has 21 heavy (non-hydrogen) atoms. The second-order valence-electron chi connectivity index (χ2n) is 5.05. The normalized spacial score (nSPS) is 18.5. The molecule has 1 N–H and O–H groups in total. The van der Waals surface area contributed by atoms with Crippen LogP contribution < -0.4 is 5.69 Å². The summed E-state index contributed by atoms with van der Waals surface area (Å²) < 4.78 is 0. The van der Waals surface area contributed by atoms with Gasteiger partial charge in [0, 0.05) is 30.9 Å². The molecule has 1 amide bonds. The van der Waals surface area contributed by atoms with Crippen molar-refractivity contribution in [3.63, 3.8) is 0 Å². The highest BCUT2D eigenvalue weighted by atomic mass is 16.2. The minimum Gasteiger partial charge on any atom is -0.338 e. The fraction of sp³-hybridized carbons (Fsp3) is 0.357. The van der Waals surface area contributed by atoms with Crippen LogP contribution in [0, 0.1) is 0 Å². The van der Waals surface area contributed by atoms with Gasteiger partial charge in [-0.2, -0.15) is 10.2 Å². The van der Waals surface area contributed by atoms with E-state index < -0.39 is 0 Å². The molecule has 7 nitrogen and oxygen atoms in total. The number of H-pyrrole nitrogens is 1. The number of aromatic amines is 1. The first-order valence-corrected chi connectivity index (χ1v) is 6.85. The number of amides is 1. The van der Waals surface area contributed by atoms with Crippen LogP contribution in [0.4, 0.5) is 0 Å². The summed E-state index contributed by atoms with van der Waals surface area (Å²) in [4.78, 5) is 31.9. The summed E-state index contributed by atoms with van der Waals surface area (Å²) in [6.45, 7) is 1.30. The Kier molecular flexibility index (Phi) is 3.72. The van der Waals surface area contributed by atoms with Gasteiger partial charge in [0.1, 0.15) is 0 Å². The topological polar surface area (TPSA) is 91.8 Å². The molecule has 3 rings (SSSR count). The Morgan fingerprint density at radius 3 is 2.95 bits per heavy atom. The lowest BCUT2D eigenvalue weighted by atomic mass is 9.94. The van der Waals surface area contributed by atoms with Gasteiger partial charge in [-0.3, -0.25) is 4.79 Å². The fourth-order valence-corrected chi connectivity index (χ4v) is 2.64. The van der Waals surface area contributed by atoms with Crippen LogP contribution in [-0.2, 0) is 0 Å². The Labute approximate surface area is 121 Å². The van der Waals surface area contributed by atoms with E-state index in [-0.39, 0.29) is 17.5 Å². The number of nitrogens with one attached hydrogen (secondary N) is 1. The van der Waals surface area contributed by atoms with E-state index in [1.165, 1.54) is 18.6 Å². The highest BCUT2D eigenvalue weighted by Gasteiger charge is 2.26. The predicted molar refractivity (Wildman–Crippen MR) is 74.8 cm³/mol. The zero-order valence-electron chi connectivity index (χ0n) is 11.4. The van der Waals surface area contributed by atoms with Crippen molar-refractivity contribution >= 4 is 5.91 Å². The molecule has 0 saturated carbocycles. The van der Waals surface area contributed by atoms with Gasteiger partial charge in [-0.25, -0.2) is 9.78 Å². The first-order valence-electron chi connectivity index (χ1n) is 6.85. The third-order valence-corrected chi connectivity index (χ3v) is 3.68. The van der Waals surface area contributed by atoms with Gasteiger partial charge in [-0.15, -0.1) is 0 Å². The van der Waals surface area contributed by atoms with Crippen molar-refractivity contribution in [2.45, 2.75) is 18.8 Å². The summed E-state index contributed by atoms with van der Waals surface area (Å²) in [7, 11) is 0. The van der Waals surface area contributed by atoms with Crippen LogP contribution in [0.15, 0.2) is 35.5 Å². The van der Waals surface area contributed by atoms with E-state index in [0.29, 0.717) is 18.7 Å². The number of piperidine rings is 1. The predicted octanol–water partition coefficient (Wildman–Crippen LogP) is 0.580. The van der Waals surface area contributed by atoms with E-state index >= 15 is 0 Å². The highest BCUT2D eigenvalue weighted by molar-refractivity contribution is 5.93. The van der Waals surface area contributed by atoms with Crippen LogP contribution in [0.25, 0.3) is 0 Å². The number of carbonyl (C=O) groups excluding carboxylic acids is 1. The molecule has 0 aliphatic carbocycles. The molecule has 3 heterocycles. The first-order chi connectivity index (χ1) is 10.2. The van der Waals surface area contributed by atoms with Crippen LogP contribution in [-0.4, -0.2) is 44.1 Å². The number of hydrogen-bond donors (Lipinski definition) is 1. The minimum absolute atomic E-state index is 0.0500. The second-order valence-corrected chi connectivity index (χ2v) is 5.05. The van der Waals surface area contributed by atoms with E-state index in [1.807, 2.05) is 0 Å². The molecule has 1 fully saturated rings. The molecule has 0 aromatic carbocycles. The molecule has 2 aromatic heterocycles. The van der Waals surface area contributed by atoms with Crippen molar-refractivity contribution in [2.75, 3.05) is 13.1 Å². The lowest BCUT2D eigenvalue weighted by molar-refractivity contribution is 0.0705. The maximum absolute atomic E-state index is 12.4. The van der Waals surface area contributed by atoms with Crippen molar-refractivity contribution < 1.29 is 4.79 Å². The summed E-state index contributed by atoms with van der Waals surface area (Å²) in [5.41, 5.74) is 1.02. The molecular formula is C14H15N5O2. The largest absolute Gasteiger partial charge is 0.345 e. The lowest BCUT2D eigenvalue weighted by Gasteiger charge is -2.32. The molecule has 7 heteroatoms. The molecule has 1 atom stereocenters. The number of carbonyl (C=O) groups is 1. The smallest absolute Gasteiger partial charge is 0.338 e. The lowest BCUT2D eigenvalue weighted by Crippen LogP contribution is -2.39. The van der Waals surface area contributed by atoms with E-state index in [1.54, 1.807) is 17.0 Å². The van der Waals surface area contributed by atoms with Gasteiger partial charge < -0.3 is 9.88 Å². The SMILES string of the molecule is O=C(c1ccnnc1)N1CCC[C@H](c2ccnc(=O)[nH]2)C1. The minimum atomic E-state index is -0.353. The molecular weight excluding hydrogens is 270 g/mol. The zero-order valence-corrected chi connectivity index (χ0v) is 11.4. The average Bonchev–Trinajstić information content (AvgIpc) is 2.55. The molecule has 1 aliphatic heterocycles. The Balaban J connectivity index is 1.77. The Hall–Kier alpha value is -2.57. The van der Waals surface area contributed by atoms with Crippen LogP contribution in [0.1, 0.15) is 34.8 Å². The molecule has 0 unspecified atom stereocenters. The number of nitrogens with zero attached hydrogens (tertiary/aromatic N) is 4. The summed E-state index contributed by atoms with van der Waals surface area (Å²) in [6.07, 6.45) is 6.33.